The topological polar surface area (TPSA) is 78.7 Å². The molecule has 1 aliphatic rings. The molecule has 3 N–H and O–H groups in total. The first-order valence-electron chi connectivity index (χ1n) is 9.38. The maximum atomic E-state index is 12.2. The molecule has 2 aromatic rings. The zero-order valence-electron chi connectivity index (χ0n) is 15.7. The van der Waals surface area contributed by atoms with Crippen LogP contribution in [0.2, 0.25) is 5.02 Å². The number of piperazine rings is 1. The van der Waals surface area contributed by atoms with Crippen molar-refractivity contribution in [2.24, 2.45) is 5.73 Å². The summed E-state index contributed by atoms with van der Waals surface area (Å²) in [4.78, 5) is 27.9. The van der Waals surface area contributed by atoms with E-state index in [4.69, 9.17) is 17.3 Å². The Kier molecular flexibility index (Phi) is 7.03. The number of carbonyl (C=O) groups excluding carboxylic acids is 2. The lowest BCUT2D eigenvalue weighted by atomic mass is 10.2. The van der Waals surface area contributed by atoms with Gasteiger partial charge in [-0.15, -0.1) is 0 Å². The highest BCUT2D eigenvalue weighted by atomic mass is 35.5. The predicted molar refractivity (Wildman–Crippen MR) is 111 cm³/mol. The number of nitrogens with two attached hydrogens (primary N) is 1. The molecule has 148 valence electrons. The minimum Gasteiger partial charge on any atom is -0.366 e. The minimum absolute atomic E-state index is 0.0341. The molecule has 0 aliphatic carbocycles. The molecule has 7 heteroatoms. The molecule has 1 heterocycles. The van der Waals surface area contributed by atoms with Crippen LogP contribution in [-0.2, 0) is 11.3 Å². The molecular weight excluding hydrogens is 376 g/mol. The van der Waals surface area contributed by atoms with E-state index in [9.17, 15) is 9.59 Å². The number of primary amides is 1. The molecule has 6 nitrogen and oxygen atoms in total. The van der Waals surface area contributed by atoms with Gasteiger partial charge < -0.3 is 16.0 Å². The Labute approximate surface area is 170 Å². The highest BCUT2D eigenvalue weighted by molar-refractivity contribution is 6.30. The normalized spacial score (nSPS) is 15.3. The zero-order valence-corrected chi connectivity index (χ0v) is 16.5. The van der Waals surface area contributed by atoms with Crippen molar-refractivity contribution in [1.29, 1.82) is 0 Å². The van der Waals surface area contributed by atoms with E-state index in [1.807, 2.05) is 18.2 Å². The SMILES string of the molecule is NC(=O)c1ccc(NC(=O)CCN2CCN(Cc3cccc(Cl)c3)CC2)cc1. The molecule has 0 unspecified atom stereocenters. The Morgan fingerprint density at radius 2 is 1.68 bits per heavy atom. The van der Waals surface area contributed by atoms with Crippen LogP contribution in [0.3, 0.4) is 0 Å². The van der Waals surface area contributed by atoms with Crippen molar-refractivity contribution in [2.45, 2.75) is 13.0 Å². The van der Waals surface area contributed by atoms with Gasteiger partial charge in [-0.1, -0.05) is 23.7 Å². The lowest BCUT2D eigenvalue weighted by Gasteiger charge is -2.34. The Bertz CT molecular complexity index is 817. The molecule has 0 spiro atoms. The Hall–Kier alpha value is -2.41. The van der Waals surface area contributed by atoms with E-state index in [1.54, 1.807) is 24.3 Å². The van der Waals surface area contributed by atoms with E-state index in [0.717, 1.165) is 44.3 Å². The summed E-state index contributed by atoms with van der Waals surface area (Å²) in [6.45, 7) is 5.47. The summed E-state index contributed by atoms with van der Waals surface area (Å²) in [5.41, 5.74) is 7.53. The van der Waals surface area contributed by atoms with E-state index < -0.39 is 5.91 Å². The van der Waals surface area contributed by atoms with E-state index in [0.29, 0.717) is 17.7 Å². The molecule has 1 saturated heterocycles. The van der Waals surface area contributed by atoms with Gasteiger partial charge in [0.1, 0.15) is 0 Å². The highest BCUT2D eigenvalue weighted by Gasteiger charge is 2.17. The molecule has 1 fully saturated rings. The van der Waals surface area contributed by atoms with Crippen molar-refractivity contribution in [1.82, 2.24) is 9.80 Å². The third-order valence-corrected chi connectivity index (χ3v) is 5.10. The number of anilines is 1. The molecule has 0 bridgehead atoms. The van der Waals surface area contributed by atoms with Crippen LogP contribution < -0.4 is 11.1 Å². The van der Waals surface area contributed by atoms with Gasteiger partial charge in [0.2, 0.25) is 11.8 Å². The van der Waals surface area contributed by atoms with Gasteiger partial charge in [0.15, 0.2) is 0 Å². The third kappa shape index (κ3) is 6.05. The molecule has 0 radical (unpaired) electrons. The van der Waals surface area contributed by atoms with E-state index >= 15 is 0 Å². The third-order valence-electron chi connectivity index (χ3n) is 4.87. The largest absolute Gasteiger partial charge is 0.366 e. The van der Waals surface area contributed by atoms with Crippen LogP contribution >= 0.6 is 11.6 Å². The van der Waals surface area contributed by atoms with Crippen molar-refractivity contribution in [3.05, 3.63) is 64.7 Å². The fourth-order valence-electron chi connectivity index (χ4n) is 3.27. The zero-order chi connectivity index (χ0) is 19.9. The van der Waals surface area contributed by atoms with Crippen molar-refractivity contribution in [3.8, 4) is 0 Å². The maximum Gasteiger partial charge on any atom is 0.248 e. The summed E-state index contributed by atoms with van der Waals surface area (Å²) in [7, 11) is 0. The second kappa shape index (κ2) is 9.68. The van der Waals surface area contributed by atoms with E-state index in [2.05, 4.69) is 21.2 Å². The number of carbonyl (C=O) groups is 2. The van der Waals surface area contributed by atoms with Gasteiger partial charge in [-0.25, -0.2) is 0 Å². The van der Waals surface area contributed by atoms with Crippen LogP contribution in [0.5, 0.6) is 0 Å². The first kappa shape index (κ1) is 20.3. The second-order valence-electron chi connectivity index (χ2n) is 6.99. The summed E-state index contributed by atoms with van der Waals surface area (Å²) < 4.78 is 0. The molecule has 2 aromatic carbocycles. The second-order valence-corrected chi connectivity index (χ2v) is 7.42. The van der Waals surface area contributed by atoms with E-state index in [-0.39, 0.29) is 5.91 Å². The van der Waals surface area contributed by atoms with Gasteiger partial charge in [0.05, 0.1) is 0 Å². The lowest BCUT2D eigenvalue weighted by molar-refractivity contribution is -0.116. The fraction of sp³-hybridized carbons (Fsp3) is 0.333. The Morgan fingerprint density at radius 3 is 2.32 bits per heavy atom. The summed E-state index contributed by atoms with van der Waals surface area (Å²) in [6, 6.07) is 14.6. The molecule has 0 atom stereocenters. The first-order chi connectivity index (χ1) is 13.5. The maximum absolute atomic E-state index is 12.2. The van der Waals surface area contributed by atoms with Gasteiger partial charge >= 0.3 is 0 Å². The summed E-state index contributed by atoms with van der Waals surface area (Å²) in [5.74, 6) is -0.513. The van der Waals surface area contributed by atoms with Crippen LogP contribution in [0, 0.1) is 0 Å². The number of nitrogens with one attached hydrogen (secondary N) is 1. The lowest BCUT2D eigenvalue weighted by Crippen LogP contribution is -2.46. The standard InChI is InChI=1S/C21H25ClN4O2/c22-18-3-1-2-16(14-18)15-26-12-10-25(11-13-26)9-8-20(27)24-19-6-4-17(5-7-19)21(23)28/h1-7,14H,8-13,15H2,(H2,23,28)(H,24,27). The number of amides is 2. The number of hydrogen-bond donors (Lipinski definition) is 2. The minimum atomic E-state index is -0.479. The molecule has 0 saturated carbocycles. The van der Waals surface area contributed by atoms with Crippen molar-refractivity contribution >= 4 is 29.1 Å². The van der Waals surface area contributed by atoms with Crippen LogP contribution in [0.15, 0.2) is 48.5 Å². The quantitative estimate of drug-likeness (QED) is 0.748. The van der Waals surface area contributed by atoms with Gasteiger partial charge in [-0.2, -0.15) is 0 Å². The predicted octanol–water partition coefficient (Wildman–Crippen LogP) is 2.59. The summed E-state index contributed by atoms with van der Waals surface area (Å²) >= 11 is 6.05. The van der Waals surface area contributed by atoms with Gasteiger partial charge in [-0.3, -0.25) is 14.5 Å². The van der Waals surface area contributed by atoms with E-state index in [1.165, 1.54) is 5.56 Å². The molecule has 28 heavy (non-hydrogen) atoms. The molecule has 2 amide bonds. The van der Waals surface area contributed by atoms with Crippen molar-refractivity contribution in [2.75, 3.05) is 38.0 Å². The summed E-state index contributed by atoms with van der Waals surface area (Å²) in [6.07, 6.45) is 0.436. The number of hydrogen-bond acceptors (Lipinski definition) is 4. The van der Waals surface area contributed by atoms with Crippen LogP contribution in [-0.4, -0.2) is 54.3 Å². The molecule has 3 rings (SSSR count). The summed E-state index contributed by atoms with van der Waals surface area (Å²) in [5, 5.41) is 3.62. The van der Waals surface area contributed by atoms with Gasteiger partial charge in [0.25, 0.3) is 0 Å². The highest BCUT2D eigenvalue weighted by Crippen LogP contribution is 2.14. The number of nitrogens with zero attached hydrogens (tertiary/aromatic N) is 2. The van der Waals surface area contributed by atoms with Gasteiger partial charge in [0, 0.05) is 62.0 Å². The molecular formula is C21H25ClN4O2. The number of halogens is 1. The van der Waals surface area contributed by atoms with Crippen LogP contribution in [0.1, 0.15) is 22.3 Å². The molecule has 1 aliphatic heterocycles. The fourth-order valence-corrected chi connectivity index (χ4v) is 3.48. The Balaban J connectivity index is 1.37. The van der Waals surface area contributed by atoms with Crippen molar-refractivity contribution in [3.63, 3.8) is 0 Å². The molecule has 0 aromatic heterocycles. The first-order valence-corrected chi connectivity index (χ1v) is 9.76. The smallest absolute Gasteiger partial charge is 0.248 e. The monoisotopic (exact) mass is 400 g/mol. The average Bonchev–Trinajstić information content (AvgIpc) is 2.68. The Morgan fingerprint density at radius 1 is 1.00 bits per heavy atom. The van der Waals surface area contributed by atoms with Crippen LogP contribution in [0.25, 0.3) is 0 Å². The number of benzene rings is 2. The van der Waals surface area contributed by atoms with Crippen molar-refractivity contribution < 1.29 is 9.59 Å². The average molecular weight is 401 g/mol. The van der Waals surface area contributed by atoms with Crippen LogP contribution in [0.4, 0.5) is 5.69 Å². The number of rotatable bonds is 7. The van der Waals surface area contributed by atoms with Gasteiger partial charge in [-0.05, 0) is 42.0 Å².